The lowest BCUT2D eigenvalue weighted by Crippen LogP contribution is -2.01. The topological polar surface area (TPSA) is 54.7 Å². The number of nitrogens with one attached hydrogen (secondary N) is 1. The van der Waals surface area contributed by atoms with Crippen LogP contribution in [0.1, 0.15) is 12.2 Å². The lowest BCUT2D eigenvalue weighted by Gasteiger charge is -1.91. The summed E-state index contributed by atoms with van der Waals surface area (Å²) in [6.45, 7) is 0.719. The van der Waals surface area contributed by atoms with Crippen molar-refractivity contribution in [2.75, 3.05) is 6.54 Å². The van der Waals surface area contributed by atoms with Gasteiger partial charge in [0, 0.05) is 6.42 Å². The lowest BCUT2D eigenvalue weighted by atomic mass is 10.3. The van der Waals surface area contributed by atoms with Gasteiger partial charge in [-0.2, -0.15) is 0 Å². The molecule has 1 aromatic carbocycles. The van der Waals surface area contributed by atoms with Gasteiger partial charge in [-0.3, -0.25) is 0 Å². The molecule has 0 spiro atoms. The number of nitrogens with two attached hydrogens (primary N) is 1. The van der Waals surface area contributed by atoms with Crippen LogP contribution in [0, 0.1) is 0 Å². The molecule has 3 N–H and O–H groups in total. The number of para-hydroxylation sites is 2. The van der Waals surface area contributed by atoms with E-state index in [1.165, 1.54) is 0 Å². The van der Waals surface area contributed by atoms with Crippen molar-refractivity contribution in [2.45, 2.75) is 12.8 Å². The highest BCUT2D eigenvalue weighted by Crippen LogP contribution is 2.10. The molecule has 1 heterocycles. The number of H-pyrrole nitrogens is 1. The van der Waals surface area contributed by atoms with Crippen LogP contribution in [0.5, 0.6) is 0 Å². The summed E-state index contributed by atoms with van der Waals surface area (Å²) in [7, 11) is 0. The van der Waals surface area contributed by atoms with Crippen LogP contribution in [0.2, 0.25) is 0 Å². The molecule has 0 aliphatic carbocycles. The average molecular weight is 212 g/mol. The molecule has 0 unspecified atom stereocenters. The molecule has 3 nitrogen and oxygen atoms in total. The zero-order chi connectivity index (χ0) is 9.10. The third-order valence-electron chi connectivity index (χ3n) is 2.06. The maximum Gasteiger partial charge on any atom is 0.107 e. The predicted molar refractivity (Wildman–Crippen MR) is 60.7 cm³/mol. The first-order valence-electron chi connectivity index (χ1n) is 4.54. The van der Waals surface area contributed by atoms with E-state index in [9.17, 15) is 0 Å². The Morgan fingerprint density at radius 2 is 2.07 bits per heavy atom. The molecule has 2 rings (SSSR count). The third-order valence-corrected chi connectivity index (χ3v) is 2.06. The van der Waals surface area contributed by atoms with Crippen molar-refractivity contribution < 1.29 is 0 Å². The Morgan fingerprint density at radius 3 is 2.79 bits per heavy atom. The van der Waals surface area contributed by atoms with Crippen molar-refractivity contribution in [1.29, 1.82) is 0 Å². The molecule has 4 heteroatoms. The number of hydrogen-bond donors (Lipinski definition) is 2. The first kappa shape index (κ1) is 11.0. The van der Waals surface area contributed by atoms with E-state index in [0.717, 1.165) is 36.2 Å². The van der Waals surface area contributed by atoms with Crippen LogP contribution in [0.3, 0.4) is 0 Å². The van der Waals surface area contributed by atoms with Crippen molar-refractivity contribution in [3.8, 4) is 0 Å². The standard InChI is InChI=1S/C10H13N3.ClH/c11-7-3-6-10-12-8-4-1-2-5-9(8)13-10;/h1-2,4-5H,3,6-7,11H2,(H,12,13);1H. The molecule has 0 bridgehead atoms. The summed E-state index contributed by atoms with van der Waals surface area (Å²) >= 11 is 0. The monoisotopic (exact) mass is 211 g/mol. The molecule has 0 amide bonds. The van der Waals surface area contributed by atoms with Crippen LogP contribution in [-0.4, -0.2) is 16.5 Å². The van der Waals surface area contributed by atoms with Crippen molar-refractivity contribution in [2.24, 2.45) is 5.73 Å². The quantitative estimate of drug-likeness (QED) is 0.815. The van der Waals surface area contributed by atoms with Crippen LogP contribution in [0.25, 0.3) is 11.0 Å². The summed E-state index contributed by atoms with van der Waals surface area (Å²) in [5, 5.41) is 0. The summed E-state index contributed by atoms with van der Waals surface area (Å²) < 4.78 is 0. The van der Waals surface area contributed by atoms with Gasteiger partial charge >= 0.3 is 0 Å². The van der Waals surface area contributed by atoms with E-state index in [0.29, 0.717) is 0 Å². The van der Waals surface area contributed by atoms with Gasteiger partial charge in [0.15, 0.2) is 0 Å². The number of benzene rings is 1. The van der Waals surface area contributed by atoms with E-state index in [-0.39, 0.29) is 12.4 Å². The first-order chi connectivity index (χ1) is 6.40. The van der Waals surface area contributed by atoms with Crippen LogP contribution >= 0.6 is 12.4 Å². The molecule has 0 aliphatic heterocycles. The van der Waals surface area contributed by atoms with Gasteiger partial charge < -0.3 is 10.7 Å². The minimum atomic E-state index is 0. The van der Waals surface area contributed by atoms with E-state index in [4.69, 9.17) is 5.73 Å². The highest BCUT2D eigenvalue weighted by molar-refractivity contribution is 5.85. The third kappa shape index (κ3) is 2.25. The van der Waals surface area contributed by atoms with Crippen molar-refractivity contribution in [3.05, 3.63) is 30.1 Å². The summed E-state index contributed by atoms with van der Waals surface area (Å²) in [6.07, 6.45) is 1.92. The molecule has 0 fully saturated rings. The van der Waals surface area contributed by atoms with Gasteiger partial charge in [0.25, 0.3) is 0 Å². The van der Waals surface area contributed by atoms with Gasteiger partial charge in [-0.15, -0.1) is 12.4 Å². The number of aryl methyl sites for hydroxylation is 1. The molecule has 2 aromatic rings. The van der Waals surface area contributed by atoms with Gasteiger partial charge in [0.05, 0.1) is 11.0 Å². The summed E-state index contributed by atoms with van der Waals surface area (Å²) in [5.74, 6) is 1.03. The van der Waals surface area contributed by atoms with Gasteiger partial charge in [-0.05, 0) is 25.1 Å². The summed E-state index contributed by atoms with van der Waals surface area (Å²) in [6, 6.07) is 8.05. The Bertz CT molecular complexity index is 364. The Balaban J connectivity index is 0.000000980. The van der Waals surface area contributed by atoms with E-state index >= 15 is 0 Å². The minimum Gasteiger partial charge on any atom is -0.342 e. The molecule has 0 saturated heterocycles. The second-order valence-electron chi connectivity index (χ2n) is 3.09. The second-order valence-corrected chi connectivity index (χ2v) is 3.09. The molecule has 0 atom stereocenters. The Morgan fingerprint density at radius 1 is 1.29 bits per heavy atom. The normalized spacial score (nSPS) is 10.1. The van der Waals surface area contributed by atoms with E-state index in [2.05, 4.69) is 9.97 Å². The van der Waals surface area contributed by atoms with Crippen LogP contribution in [0.4, 0.5) is 0 Å². The van der Waals surface area contributed by atoms with Crippen LogP contribution < -0.4 is 5.73 Å². The van der Waals surface area contributed by atoms with Crippen molar-refractivity contribution >= 4 is 23.4 Å². The number of imidazole rings is 1. The number of aromatic nitrogens is 2. The van der Waals surface area contributed by atoms with Gasteiger partial charge in [0.1, 0.15) is 5.82 Å². The van der Waals surface area contributed by atoms with E-state index < -0.39 is 0 Å². The Labute approximate surface area is 89.1 Å². The zero-order valence-corrected chi connectivity index (χ0v) is 8.68. The van der Waals surface area contributed by atoms with E-state index in [1.54, 1.807) is 0 Å². The molecule has 1 aromatic heterocycles. The minimum absolute atomic E-state index is 0. The highest BCUT2D eigenvalue weighted by Gasteiger charge is 1.99. The fraction of sp³-hybridized carbons (Fsp3) is 0.300. The maximum absolute atomic E-state index is 5.43. The van der Waals surface area contributed by atoms with Gasteiger partial charge in [0.2, 0.25) is 0 Å². The summed E-state index contributed by atoms with van der Waals surface area (Å²) in [5.41, 5.74) is 7.57. The van der Waals surface area contributed by atoms with Crippen LogP contribution in [-0.2, 0) is 6.42 Å². The molecular formula is C10H14ClN3. The van der Waals surface area contributed by atoms with Crippen molar-refractivity contribution in [3.63, 3.8) is 0 Å². The fourth-order valence-corrected chi connectivity index (χ4v) is 1.39. The fourth-order valence-electron chi connectivity index (χ4n) is 1.39. The number of aromatic amines is 1. The molecular weight excluding hydrogens is 198 g/mol. The molecule has 0 aliphatic rings. The molecule has 76 valence electrons. The van der Waals surface area contributed by atoms with Gasteiger partial charge in [-0.25, -0.2) is 4.98 Å². The summed E-state index contributed by atoms with van der Waals surface area (Å²) in [4.78, 5) is 7.70. The largest absolute Gasteiger partial charge is 0.342 e. The van der Waals surface area contributed by atoms with Crippen LogP contribution in [0.15, 0.2) is 24.3 Å². The molecule has 0 saturated carbocycles. The number of fused-ring (bicyclic) bond motifs is 1. The van der Waals surface area contributed by atoms with Crippen molar-refractivity contribution in [1.82, 2.24) is 9.97 Å². The number of nitrogens with zero attached hydrogens (tertiary/aromatic N) is 1. The second kappa shape index (κ2) is 4.98. The molecule has 14 heavy (non-hydrogen) atoms. The predicted octanol–water partition coefficient (Wildman–Crippen LogP) is 1.88. The maximum atomic E-state index is 5.43. The zero-order valence-electron chi connectivity index (χ0n) is 7.86. The smallest absolute Gasteiger partial charge is 0.107 e. The number of halogens is 1. The first-order valence-corrected chi connectivity index (χ1v) is 4.54. The Kier molecular flexibility index (Phi) is 3.92. The SMILES string of the molecule is Cl.NCCCc1nc2ccccc2[nH]1. The molecule has 0 radical (unpaired) electrons. The number of hydrogen-bond acceptors (Lipinski definition) is 2. The average Bonchev–Trinajstić information content (AvgIpc) is 2.57. The highest BCUT2D eigenvalue weighted by atomic mass is 35.5. The Hall–Kier alpha value is -1.06. The number of rotatable bonds is 3. The lowest BCUT2D eigenvalue weighted by molar-refractivity contribution is 0.796. The van der Waals surface area contributed by atoms with Gasteiger partial charge in [-0.1, -0.05) is 12.1 Å². The van der Waals surface area contributed by atoms with E-state index in [1.807, 2.05) is 24.3 Å².